The van der Waals surface area contributed by atoms with Crippen molar-refractivity contribution >= 4 is 17.5 Å². The summed E-state index contributed by atoms with van der Waals surface area (Å²) < 4.78 is 19.0. The second kappa shape index (κ2) is 13.2. The SMILES string of the molecule is COc1cc(C(C)=O)ccc1OCC(O)CSc1nnc(COc2ccccc2)n1CCC(C)C. The van der Waals surface area contributed by atoms with Crippen molar-refractivity contribution in [3.8, 4) is 17.2 Å². The van der Waals surface area contributed by atoms with Crippen LogP contribution in [0.15, 0.2) is 53.7 Å². The fourth-order valence-corrected chi connectivity index (χ4v) is 4.11. The van der Waals surface area contributed by atoms with Gasteiger partial charge in [-0.05, 0) is 49.6 Å². The average molecular weight is 500 g/mol. The van der Waals surface area contributed by atoms with Crippen molar-refractivity contribution in [3.63, 3.8) is 0 Å². The van der Waals surface area contributed by atoms with Crippen molar-refractivity contribution in [2.24, 2.45) is 5.92 Å². The molecule has 0 aliphatic heterocycles. The first kappa shape index (κ1) is 26.6. The largest absolute Gasteiger partial charge is 0.493 e. The summed E-state index contributed by atoms with van der Waals surface area (Å²) in [6.45, 7) is 7.01. The Bertz CT molecular complexity index is 1090. The first-order chi connectivity index (χ1) is 16.9. The van der Waals surface area contributed by atoms with Crippen molar-refractivity contribution < 1.29 is 24.1 Å². The summed E-state index contributed by atoms with van der Waals surface area (Å²) in [5, 5.41) is 19.9. The third kappa shape index (κ3) is 8.00. The molecule has 35 heavy (non-hydrogen) atoms. The molecule has 0 radical (unpaired) electrons. The van der Waals surface area contributed by atoms with Crippen LogP contribution in [0, 0.1) is 5.92 Å². The molecule has 0 amide bonds. The molecule has 2 aromatic carbocycles. The summed E-state index contributed by atoms with van der Waals surface area (Å²) in [4.78, 5) is 11.6. The molecule has 0 aliphatic carbocycles. The molecule has 1 atom stereocenters. The van der Waals surface area contributed by atoms with E-state index in [0.29, 0.717) is 35.3 Å². The maximum Gasteiger partial charge on any atom is 0.191 e. The first-order valence-corrected chi connectivity index (χ1v) is 12.6. The molecule has 0 saturated heterocycles. The van der Waals surface area contributed by atoms with E-state index in [-0.39, 0.29) is 12.4 Å². The van der Waals surface area contributed by atoms with E-state index in [9.17, 15) is 9.90 Å². The van der Waals surface area contributed by atoms with Crippen LogP contribution in [-0.4, -0.2) is 51.2 Å². The van der Waals surface area contributed by atoms with Gasteiger partial charge in [0.25, 0.3) is 0 Å². The number of hydrogen-bond acceptors (Lipinski definition) is 8. The maximum absolute atomic E-state index is 11.6. The maximum atomic E-state index is 11.6. The quantitative estimate of drug-likeness (QED) is 0.253. The number of aliphatic hydroxyl groups excluding tert-OH is 1. The predicted molar refractivity (Wildman–Crippen MR) is 135 cm³/mol. The molecule has 0 spiro atoms. The van der Waals surface area contributed by atoms with E-state index in [1.807, 2.05) is 30.3 Å². The highest BCUT2D eigenvalue weighted by Crippen LogP contribution is 2.29. The van der Waals surface area contributed by atoms with E-state index in [1.165, 1.54) is 25.8 Å². The van der Waals surface area contributed by atoms with Gasteiger partial charge in [0, 0.05) is 17.9 Å². The highest BCUT2D eigenvalue weighted by Gasteiger charge is 2.17. The summed E-state index contributed by atoms with van der Waals surface area (Å²) in [7, 11) is 1.52. The van der Waals surface area contributed by atoms with Gasteiger partial charge < -0.3 is 23.9 Å². The topological polar surface area (TPSA) is 95.7 Å². The summed E-state index contributed by atoms with van der Waals surface area (Å²) in [6.07, 6.45) is 0.238. The van der Waals surface area contributed by atoms with E-state index < -0.39 is 6.10 Å². The Hall–Kier alpha value is -3.04. The molecule has 1 heterocycles. The van der Waals surface area contributed by atoms with Gasteiger partial charge in [0.2, 0.25) is 0 Å². The van der Waals surface area contributed by atoms with Crippen LogP contribution >= 0.6 is 11.8 Å². The van der Waals surface area contributed by atoms with Gasteiger partial charge in [0.05, 0.1) is 13.2 Å². The minimum absolute atomic E-state index is 0.0543. The van der Waals surface area contributed by atoms with E-state index >= 15 is 0 Å². The van der Waals surface area contributed by atoms with Crippen LogP contribution in [0.25, 0.3) is 0 Å². The highest BCUT2D eigenvalue weighted by molar-refractivity contribution is 7.99. The van der Waals surface area contributed by atoms with Gasteiger partial charge in [-0.2, -0.15) is 0 Å². The molecule has 1 unspecified atom stereocenters. The summed E-state index contributed by atoms with van der Waals surface area (Å²) in [6, 6.07) is 14.6. The van der Waals surface area contributed by atoms with Crippen molar-refractivity contribution in [1.82, 2.24) is 14.8 Å². The summed E-state index contributed by atoms with van der Waals surface area (Å²) in [5.41, 5.74) is 0.540. The highest BCUT2D eigenvalue weighted by atomic mass is 32.2. The first-order valence-electron chi connectivity index (χ1n) is 11.6. The van der Waals surface area contributed by atoms with Crippen molar-refractivity contribution in [1.29, 1.82) is 0 Å². The Kier molecular flexibility index (Phi) is 9.98. The number of para-hydroxylation sites is 1. The summed E-state index contributed by atoms with van der Waals surface area (Å²) in [5.74, 6) is 3.31. The Morgan fingerprint density at radius 3 is 2.54 bits per heavy atom. The van der Waals surface area contributed by atoms with E-state index in [1.54, 1.807) is 18.2 Å². The van der Waals surface area contributed by atoms with Gasteiger partial charge in [-0.15, -0.1) is 10.2 Å². The van der Waals surface area contributed by atoms with Gasteiger partial charge in [-0.25, -0.2) is 0 Å². The van der Waals surface area contributed by atoms with Crippen molar-refractivity contribution in [2.75, 3.05) is 19.5 Å². The molecule has 3 rings (SSSR count). The van der Waals surface area contributed by atoms with Crippen LogP contribution in [0.1, 0.15) is 43.4 Å². The Balaban J connectivity index is 1.59. The molecule has 1 aromatic heterocycles. The smallest absolute Gasteiger partial charge is 0.191 e. The van der Waals surface area contributed by atoms with E-state index in [4.69, 9.17) is 14.2 Å². The molecular formula is C26H33N3O5S. The number of hydrogen-bond donors (Lipinski definition) is 1. The lowest BCUT2D eigenvalue weighted by molar-refractivity contribution is 0.101. The second-order valence-corrected chi connectivity index (χ2v) is 9.52. The van der Waals surface area contributed by atoms with Crippen LogP contribution in [0.5, 0.6) is 17.2 Å². The molecular weight excluding hydrogens is 466 g/mol. The van der Waals surface area contributed by atoms with Gasteiger partial charge in [-0.3, -0.25) is 4.79 Å². The molecule has 0 saturated carbocycles. The number of rotatable bonds is 14. The monoisotopic (exact) mass is 499 g/mol. The number of methoxy groups -OCH3 is 1. The number of ether oxygens (including phenoxy) is 3. The van der Waals surface area contributed by atoms with Gasteiger partial charge in [0.1, 0.15) is 19.0 Å². The number of carbonyl (C=O) groups excluding carboxylic acids is 1. The number of aromatic nitrogens is 3. The molecule has 0 fully saturated rings. The average Bonchev–Trinajstić information content (AvgIpc) is 3.25. The standard InChI is InChI=1S/C26H33N3O5S/c1-18(2)12-13-29-25(16-33-22-8-6-5-7-9-22)27-28-26(29)35-17-21(31)15-34-23-11-10-20(19(3)30)14-24(23)32-4/h5-11,14,18,21,31H,12-13,15-17H2,1-4H3. The zero-order chi connectivity index (χ0) is 25.2. The molecule has 0 bridgehead atoms. The fourth-order valence-electron chi connectivity index (χ4n) is 3.22. The molecule has 188 valence electrons. The number of ketones is 1. The number of aliphatic hydroxyl groups is 1. The lowest BCUT2D eigenvalue weighted by Gasteiger charge is -2.15. The predicted octanol–water partition coefficient (Wildman–Crippen LogP) is 4.65. The number of carbonyl (C=O) groups is 1. The zero-order valence-electron chi connectivity index (χ0n) is 20.6. The van der Waals surface area contributed by atoms with Crippen molar-refractivity contribution in [3.05, 3.63) is 59.9 Å². The minimum Gasteiger partial charge on any atom is -0.493 e. The van der Waals surface area contributed by atoms with Gasteiger partial charge >= 0.3 is 0 Å². The van der Waals surface area contributed by atoms with Crippen LogP contribution in [-0.2, 0) is 13.2 Å². The number of Topliss-reactive ketones (excluding diaryl/α,β-unsaturated/α-hetero) is 1. The third-order valence-electron chi connectivity index (χ3n) is 5.24. The zero-order valence-corrected chi connectivity index (χ0v) is 21.5. The molecule has 8 nitrogen and oxygen atoms in total. The van der Waals surface area contributed by atoms with Gasteiger partial charge in [0.15, 0.2) is 28.3 Å². The second-order valence-electron chi connectivity index (χ2n) is 8.53. The van der Waals surface area contributed by atoms with Gasteiger partial charge in [-0.1, -0.05) is 43.8 Å². The Labute approximate surface area is 210 Å². The third-order valence-corrected chi connectivity index (χ3v) is 6.35. The van der Waals surface area contributed by atoms with E-state index in [2.05, 4.69) is 28.6 Å². The lowest BCUT2D eigenvalue weighted by Crippen LogP contribution is -2.21. The van der Waals surface area contributed by atoms with Crippen LogP contribution < -0.4 is 14.2 Å². The number of thioether (sulfide) groups is 1. The minimum atomic E-state index is -0.739. The normalized spacial score (nSPS) is 11.9. The Morgan fingerprint density at radius 1 is 1.09 bits per heavy atom. The molecule has 3 aromatic rings. The fraction of sp³-hybridized carbons (Fsp3) is 0.423. The molecule has 1 N–H and O–H groups in total. The number of benzene rings is 2. The summed E-state index contributed by atoms with van der Waals surface area (Å²) >= 11 is 1.43. The van der Waals surface area contributed by atoms with Crippen LogP contribution in [0.3, 0.4) is 0 Å². The Morgan fingerprint density at radius 2 is 1.86 bits per heavy atom. The van der Waals surface area contributed by atoms with Crippen molar-refractivity contribution in [2.45, 2.75) is 51.6 Å². The lowest BCUT2D eigenvalue weighted by atomic mass is 10.1. The molecule has 0 aliphatic rings. The van der Waals surface area contributed by atoms with E-state index in [0.717, 1.165) is 29.7 Å². The number of nitrogens with zero attached hydrogens (tertiary/aromatic N) is 3. The van der Waals surface area contributed by atoms with Crippen LogP contribution in [0.2, 0.25) is 0 Å². The molecule has 9 heteroatoms. The van der Waals surface area contributed by atoms with Crippen LogP contribution in [0.4, 0.5) is 0 Å².